The largest absolute Gasteiger partial charge is 0.358 e. The zero-order valence-corrected chi connectivity index (χ0v) is 14.1. The number of hydrogen-bond donors (Lipinski definition) is 1. The third-order valence-corrected chi connectivity index (χ3v) is 4.77. The molecule has 0 spiro atoms. The van der Waals surface area contributed by atoms with E-state index in [0.29, 0.717) is 0 Å². The van der Waals surface area contributed by atoms with Crippen LogP contribution in [0.15, 0.2) is 61.1 Å². The van der Waals surface area contributed by atoms with Crippen molar-refractivity contribution in [2.75, 3.05) is 12.8 Å². The number of nitrogens with one attached hydrogen (secondary N) is 1. The fourth-order valence-corrected chi connectivity index (χ4v) is 3.52. The number of benzene rings is 1. The second-order valence-electron chi connectivity index (χ2n) is 5.23. The van der Waals surface area contributed by atoms with Crippen molar-refractivity contribution < 1.29 is 9.00 Å². The van der Waals surface area contributed by atoms with Gasteiger partial charge in [0.05, 0.1) is 17.6 Å². The summed E-state index contributed by atoms with van der Waals surface area (Å²) in [5.74, 6) is 0.856. The summed E-state index contributed by atoms with van der Waals surface area (Å²) in [5.41, 5.74) is 1.75. The van der Waals surface area contributed by atoms with Crippen molar-refractivity contribution in [3.63, 3.8) is 0 Å². The number of hydrogen-bond acceptors (Lipinski definition) is 3. The Balaban J connectivity index is 1.97. The van der Waals surface area contributed by atoms with Crippen LogP contribution in [0.4, 0.5) is 0 Å². The van der Waals surface area contributed by atoms with Gasteiger partial charge < -0.3 is 9.88 Å². The molecule has 1 atom stereocenters. The molecule has 0 radical (unpaired) electrons. The first-order valence-corrected chi connectivity index (χ1v) is 8.99. The number of rotatable bonds is 6. The van der Waals surface area contributed by atoms with Crippen molar-refractivity contribution in [1.82, 2.24) is 19.7 Å². The Kier molecular flexibility index (Phi) is 4.90. The van der Waals surface area contributed by atoms with E-state index in [0.717, 1.165) is 17.1 Å². The van der Waals surface area contributed by atoms with Crippen LogP contribution in [-0.2, 0) is 21.3 Å². The lowest BCUT2D eigenvalue weighted by Gasteiger charge is -2.11. The van der Waals surface area contributed by atoms with Crippen LogP contribution >= 0.6 is 0 Å². The highest BCUT2D eigenvalue weighted by atomic mass is 32.2. The lowest BCUT2D eigenvalue weighted by molar-refractivity contribution is -0.118. The highest BCUT2D eigenvalue weighted by Crippen LogP contribution is 2.21. The molecule has 0 fully saturated rings. The summed E-state index contributed by atoms with van der Waals surface area (Å²) in [4.78, 5) is 11.4. The minimum atomic E-state index is -1.29. The molecule has 0 aliphatic heterocycles. The lowest BCUT2D eigenvalue weighted by atomic mass is 10.3. The van der Waals surface area contributed by atoms with Gasteiger partial charge in [0.15, 0.2) is 0 Å². The number of amides is 1. The molecule has 1 amide bonds. The maximum atomic E-state index is 12.3. The second-order valence-corrected chi connectivity index (χ2v) is 6.69. The van der Waals surface area contributed by atoms with E-state index in [1.165, 1.54) is 7.05 Å². The minimum absolute atomic E-state index is 0.0157. The molecule has 0 saturated carbocycles. The summed E-state index contributed by atoms with van der Waals surface area (Å²) in [5, 5.41) is 6.95. The number of carbonyl (C=O) groups is 1. The Morgan fingerprint density at radius 3 is 2.54 bits per heavy atom. The molecule has 6 nitrogen and oxygen atoms in total. The molecule has 24 heavy (non-hydrogen) atoms. The normalized spacial score (nSPS) is 12.0. The predicted octanol–water partition coefficient (Wildman–Crippen LogP) is 1.66. The highest BCUT2D eigenvalue weighted by Gasteiger charge is 2.17. The first kappa shape index (κ1) is 16.2. The van der Waals surface area contributed by atoms with E-state index >= 15 is 0 Å². The SMILES string of the molecule is CNC(=O)C[S@](=O)Cc1cnn(-c2ccccc2)c1-n1cccc1. The third-order valence-electron chi connectivity index (χ3n) is 3.55. The summed E-state index contributed by atoms with van der Waals surface area (Å²) in [6.45, 7) is 0. The van der Waals surface area contributed by atoms with Gasteiger partial charge in [-0.05, 0) is 24.3 Å². The average molecular weight is 342 g/mol. The molecular weight excluding hydrogens is 324 g/mol. The fourth-order valence-electron chi connectivity index (χ4n) is 2.43. The maximum absolute atomic E-state index is 12.3. The number of nitrogens with zero attached hydrogens (tertiary/aromatic N) is 3. The molecule has 3 aromatic rings. The molecule has 3 rings (SSSR count). The van der Waals surface area contributed by atoms with Crippen LogP contribution in [0.5, 0.6) is 0 Å². The highest BCUT2D eigenvalue weighted by molar-refractivity contribution is 7.84. The van der Waals surface area contributed by atoms with Gasteiger partial charge in [-0.3, -0.25) is 9.00 Å². The summed E-state index contributed by atoms with van der Waals surface area (Å²) < 4.78 is 16.0. The Labute approximate surface area is 142 Å². The first-order chi connectivity index (χ1) is 11.7. The molecule has 7 heteroatoms. The maximum Gasteiger partial charge on any atom is 0.232 e. The van der Waals surface area contributed by atoms with Gasteiger partial charge in [-0.25, -0.2) is 4.68 Å². The molecule has 1 aromatic carbocycles. The Hall–Kier alpha value is -2.67. The Bertz CT molecular complexity index is 841. The number of aromatic nitrogens is 3. The van der Waals surface area contributed by atoms with Gasteiger partial charge in [0.2, 0.25) is 5.91 Å². The smallest absolute Gasteiger partial charge is 0.232 e. The quantitative estimate of drug-likeness (QED) is 0.741. The number of carbonyl (C=O) groups excluding carboxylic acids is 1. The summed E-state index contributed by atoms with van der Waals surface area (Å²) in [6, 6.07) is 13.6. The van der Waals surface area contributed by atoms with Crippen LogP contribution in [0.1, 0.15) is 5.56 Å². The lowest BCUT2D eigenvalue weighted by Crippen LogP contribution is -2.24. The van der Waals surface area contributed by atoms with Crippen LogP contribution in [0.25, 0.3) is 11.5 Å². The van der Waals surface area contributed by atoms with Gasteiger partial charge in [-0.15, -0.1) is 0 Å². The molecule has 2 aromatic heterocycles. The first-order valence-electron chi connectivity index (χ1n) is 7.50. The van der Waals surface area contributed by atoms with Crippen molar-refractivity contribution in [3.05, 3.63) is 66.6 Å². The van der Waals surface area contributed by atoms with Crippen LogP contribution in [0, 0.1) is 0 Å². The van der Waals surface area contributed by atoms with Crippen LogP contribution in [0.2, 0.25) is 0 Å². The van der Waals surface area contributed by atoms with Gasteiger partial charge >= 0.3 is 0 Å². The Morgan fingerprint density at radius 2 is 1.88 bits per heavy atom. The zero-order chi connectivity index (χ0) is 16.9. The predicted molar refractivity (Wildman–Crippen MR) is 93.7 cm³/mol. The molecule has 0 aliphatic carbocycles. The fraction of sp³-hybridized carbons (Fsp3) is 0.176. The van der Waals surface area contributed by atoms with Gasteiger partial charge in [0, 0.05) is 35.8 Å². The molecular formula is C17H18N4O2S. The van der Waals surface area contributed by atoms with Crippen LogP contribution < -0.4 is 5.32 Å². The van der Waals surface area contributed by atoms with Crippen LogP contribution in [-0.4, -0.2) is 37.3 Å². The van der Waals surface area contributed by atoms with Crippen molar-refractivity contribution in [3.8, 4) is 11.5 Å². The average Bonchev–Trinajstić information content (AvgIpc) is 3.24. The van der Waals surface area contributed by atoms with E-state index in [9.17, 15) is 9.00 Å². The minimum Gasteiger partial charge on any atom is -0.358 e. The van der Waals surface area contributed by atoms with Gasteiger partial charge in [0.25, 0.3) is 0 Å². The van der Waals surface area contributed by atoms with Gasteiger partial charge in [-0.2, -0.15) is 5.10 Å². The second kappa shape index (κ2) is 7.27. The van der Waals surface area contributed by atoms with Crippen molar-refractivity contribution in [2.24, 2.45) is 0 Å². The van der Waals surface area contributed by atoms with E-state index in [1.807, 2.05) is 64.1 Å². The molecule has 0 bridgehead atoms. The summed E-state index contributed by atoms with van der Waals surface area (Å²) in [6.07, 6.45) is 5.55. The molecule has 0 unspecified atom stereocenters. The van der Waals surface area contributed by atoms with Crippen molar-refractivity contribution in [2.45, 2.75) is 5.75 Å². The van der Waals surface area contributed by atoms with E-state index in [-0.39, 0.29) is 17.4 Å². The zero-order valence-electron chi connectivity index (χ0n) is 13.3. The monoisotopic (exact) mass is 342 g/mol. The molecule has 1 N–H and O–H groups in total. The number of para-hydroxylation sites is 1. The van der Waals surface area contributed by atoms with E-state index in [2.05, 4.69) is 10.4 Å². The van der Waals surface area contributed by atoms with Crippen molar-refractivity contribution >= 4 is 16.7 Å². The third kappa shape index (κ3) is 3.46. The summed E-state index contributed by atoms with van der Waals surface area (Å²) in [7, 11) is 0.245. The van der Waals surface area contributed by atoms with Crippen molar-refractivity contribution in [1.29, 1.82) is 0 Å². The molecule has 2 heterocycles. The molecule has 0 aliphatic rings. The summed E-state index contributed by atoms with van der Waals surface area (Å²) >= 11 is 0. The van der Waals surface area contributed by atoms with Crippen LogP contribution in [0.3, 0.4) is 0 Å². The molecule has 0 saturated heterocycles. The van der Waals surface area contributed by atoms with E-state index in [4.69, 9.17) is 0 Å². The standard InChI is InChI=1S/C17H18N4O2S/c1-18-16(22)13-24(23)12-14-11-19-21(15-7-3-2-4-8-15)17(14)20-9-5-6-10-20/h2-11H,12-13H2,1H3,(H,18,22)/t24-/m1/s1. The topological polar surface area (TPSA) is 68.9 Å². The molecule has 124 valence electrons. The van der Waals surface area contributed by atoms with Gasteiger partial charge in [-0.1, -0.05) is 18.2 Å². The van der Waals surface area contributed by atoms with E-state index in [1.54, 1.807) is 6.20 Å². The van der Waals surface area contributed by atoms with E-state index < -0.39 is 10.8 Å². The Morgan fingerprint density at radius 1 is 1.17 bits per heavy atom. The van der Waals surface area contributed by atoms with Gasteiger partial charge in [0.1, 0.15) is 11.6 Å².